The quantitative estimate of drug-likeness (QED) is 0.237. The summed E-state index contributed by atoms with van der Waals surface area (Å²) in [7, 11) is 0. The van der Waals surface area contributed by atoms with E-state index in [1.165, 1.54) is 0 Å². The number of carbonyl (C=O) groups excluding carboxylic acids is 1. The first-order valence-electron chi connectivity index (χ1n) is 11.3. The number of aromatic amines is 1. The van der Waals surface area contributed by atoms with E-state index in [1.807, 2.05) is 72.9 Å². The number of aromatic nitrogens is 1. The van der Waals surface area contributed by atoms with Gasteiger partial charge in [-0.2, -0.15) is 0 Å². The van der Waals surface area contributed by atoms with Crippen LogP contribution < -0.4 is 15.4 Å². The van der Waals surface area contributed by atoms with Crippen LogP contribution in [0.2, 0.25) is 0 Å². The van der Waals surface area contributed by atoms with Gasteiger partial charge in [-0.15, -0.1) is 0 Å². The fourth-order valence-corrected chi connectivity index (χ4v) is 3.73. The van der Waals surface area contributed by atoms with Crippen molar-refractivity contribution >= 4 is 22.5 Å². The first-order valence-corrected chi connectivity index (χ1v) is 11.3. The molecule has 0 aliphatic rings. The molecule has 7 heteroatoms. The Balaban J connectivity index is 1.23. The van der Waals surface area contributed by atoms with Gasteiger partial charge in [0.15, 0.2) is 0 Å². The number of carbonyl (C=O) groups is 1. The Morgan fingerprint density at radius 1 is 0.971 bits per heavy atom. The summed E-state index contributed by atoms with van der Waals surface area (Å²) in [6, 6.07) is 24.0. The smallest absolute Gasteiger partial charge is 0.255 e. The summed E-state index contributed by atoms with van der Waals surface area (Å²) < 4.78 is 5.79. The molecular weight excluding hydrogens is 430 g/mol. The predicted octanol–water partition coefficient (Wildman–Crippen LogP) is 3.35. The maximum atomic E-state index is 12.3. The molecule has 5 N–H and O–H groups in total. The molecule has 1 heterocycles. The van der Waals surface area contributed by atoms with Crippen molar-refractivity contribution in [2.24, 2.45) is 0 Å². The zero-order valence-electron chi connectivity index (χ0n) is 18.8. The van der Waals surface area contributed by atoms with Crippen molar-refractivity contribution in [3.05, 3.63) is 96.2 Å². The molecule has 4 aromatic rings. The van der Waals surface area contributed by atoms with Crippen molar-refractivity contribution in [2.45, 2.75) is 18.6 Å². The molecule has 1 amide bonds. The topological polar surface area (TPSA) is 107 Å². The third kappa shape index (κ3) is 6.23. The van der Waals surface area contributed by atoms with E-state index in [1.54, 1.807) is 12.1 Å². The summed E-state index contributed by atoms with van der Waals surface area (Å²) in [5, 5.41) is 27.2. The Bertz CT molecular complexity index is 1190. The summed E-state index contributed by atoms with van der Waals surface area (Å²) in [6.07, 6.45) is 1.71. The van der Waals surface area contributed by atoms with Crippen molar-refractivity contribution in [3.8, 4) is 5.75 Å². The van der Waals surface area contributed by atoms with Crippen LogP contribution in [0.5, 0.6) is 5.75 Å². The zero-order chi connectivity index (χ0) is 23.8. The SMILES string of the molecule is O=C(Nc1ccc(C[C@@H](CO)NC[C@H](O)COc2cccc3[nH]ccc23)cc1)c1ccccc1. The van der Waals surface area contributed by atoms with Gasteiger partial charge in [0, 0.05) is 40.9 Å². The lowest BCUT2D eigenvalue weighted by Gasteiger charge is -2.19. The van der Waals surface area contributed by atoms with E-state index < -0.39 is 6.10 Å². The van der Waals surface area contributed by atoms with Crippen LogP contribution in [-0.4, -0.2) is 53.0 Å². The molecule has 0 bridgehead atoms. The zero-order valence-corrected chi connectivity index (χ0v) is 18.8. The van der Waals surface area contributed by atoms with E-state index in [4.69, 9.17) is 4.74 Å². The molecule has 34 heavy (non-hydrogen) atoms. The molecule has 0 unspecified atom stereocenters. The van der Waals surface area contributed by atoms with E-state index in [2.05, 4.69) is 15.6 Å². The number of nitrogens with one attached hydrogen (secondary N) is 3. The molecule has 0 aliphatic heterocycles. The average Bonchev–Trinajstić information content (AvgIpc) is 3.36. The average molecular weight is 460 g/mol. The number of anilines is 1. The summed E-state index contributed by atoms with van der Waals surface area (Å²) in [4.78, 5) is 15.4. The van der Waals surface area contributed by atoms with Crippen molar-refractivity contribution in [2.75, 3.05) is 25.1 Å². The van der Waals surface area contributed by atoms with Crippen molar-refractivity contribution in [1.82, 2.24) is 10.3 Å². The minimum absolute atomic E-state index is 0.0667. The maximum absolute atomic E-state index is 12.3. The van der Waals surface area contributed by atoms with Gasteiger partial charge in [-0.3, -0.25) is 4.79 Å². The minimum Gasteiger partial charge on any atom is -0.490 e. The van der Waals surface area contributed by atoms with Crippen molar-refractivity contribution in [3.63, 3.8) is 0 Å². The number of aliphatic hydroxyl groups is 2. The first kappa shape index (κ1) is 23.5. The number of H-pyrrole nitrogens is 1. The first-order chi connectivity index (χ1) is 16.6. The second kappa shape index (κ2) is 11.5. The van der Waals surface area contributed by atoms with E-state index in [-0.39, 0.29) is 25.2 Å². The Morgan fingerprint density at radius 2 is 1.76 bits per heavy atom. The molecule has 0 saturated heterocycles. The second-order valence-corrected chi connectivity index (χ2v) is 8.17. The normalized spacial score (nSPS) is 12.9. The van der Waals surface area contributed by atoms with Gasteiger partial charge in [0.25, 0.3) is 5.91 Å². The number of fused-ring (bicyclic) bond motifs is 1. The van der Waals surface area contributed by atoms with Gasteiger partial charge < -0.3 is 30.6 Å². The second-order valence-electron chi connectivity index (χ2n) is 8.17. The van der Waals surface area contributed by atoms with Crippen molar-refractivity contribution < 1.29 is 19.7 Å². The van der Waals surface area contributed by atoms with Crippen LogP contribution in [-0.2, 0) is 6.42 Å². The molecule has 3 aromatic carbocycles. The van der Waals surface area contributed by atoms with Gasteiger partial charge in [0.2, 0.25) is 0 Å². The maximum Gasteiger partial charge on any atom is 0.255 e. The largest absolute Gasteiger partial charge is 0.490 e. The predicted molar refractivity (Wildman–Crippen MR) is 133 cm³/mol. The molecule has 0 spiro atoms. The standard InChI is InChI=1S/C27H29N3O4/c31-17-22(29-16-23(32)18-34-26-8-4-7-25-24(26)13-14-28-25)15-19-9-11-21(12-10-19)30-27(33)20-5-2-1-3-6-20/h1-14,22-23,28-29,31-32H,15-18H2,(H,30,33)/t22-,23-/m0/s1. The van der Waals surface area contributed by atoms with Gasteiger partial charge in [-0.05, 0) is 54.4 Å². The van der Waals surface area contributed by atoms with Crippen LogP contribution in [0.1, 0.15) is 15.9 Å². The van der Waals surface area contributed by atoms with Crippen LogP contribution in [0.4, 0.5) is 5.69 Å². The fourth-order valence-electron chi connectivity index (χ4n) is 3.73. The molecule has 0 aliphatic carbocycles. The number of rotatable bonds is 11. The highest BCUT2D eigenvalue weighted by Crippen LogP contribution is 2.24. The van der Waals surface area contributed by atoms with Crippen LogP contribution in [0.3, 0.4) is 0 Å². The lowest BCUT2D eigenvalue weighted by molar-refractivity contribution is 0.100. The molecule has 1 aromatic heterocycles. The summed E-state index contributed by atoms with van der Waals surface area (Å²) >= 11 is 0. The highest BCUT2D eigenvalue weighted by atomic mass is 16.5. The van der Waals surface area contributed by atoms with Gasteiger partial charge in [0.05, 0.1) is 6.61 Å². The molecule has 0 saturated carbocycles. The molecule has 176 valence electrons. The van der Waals surface area contributed by atoms with E-state index >= 15 is 0 Å². The third-order valence-electron chi connectivity index (χ3n) is 5.58. The number of amides is 1. The fraction of sp³-hybridized carbons (Fsp3) is 0.222. The molecule has 2 atom stereocenters. The van der Waals surface area contributed by atoms with Crippen LogP contribution in [0, 0.1) is 0 Å². The molecule has 0 fully saturated rings. The van der Waals surface area contributed by atoms with E-state index in [0.29, 0.717) is 24.2 Å². The third-order valence-corrected chi connectivity index (χ3v) is 5.58. The monoisotopic (exact) mass is 459 g/mol. The van der Waals surface area contributed by atoms with Gasteiger partial charge >= 0.3 is 0 Å². The number of hydrogen-bond donors (Lipinski definition) is 5. The van der Waals surface area contributed by atoms with Gasteiger partial charge in [-0.1, -0.05) is 36.4 Å². The molecule has 7 nitrogen and oxygen atoms in total. The highest BCUT2D eigenvalue weighted by molar-refractivity contribution is 6.04. The Kier molecular flexibility index (Phi) is 7.93. The van der Waals surface area contributed by atoms with Gasteiger partial charge in [-0.25, -0.2) is 0 Å². The highest BCUT2D eigenvalue weighted by Gasteiger charge is 2.13. The summed E-state index contributed by atoms with van der Waals surface area (Å²) in [5.41, 5.74) is 3.30. The number of ether oxygens (including phenoxy) is 1. The number of aliphatic hydroxyl groups excluding tert-OH is 2. The molecule has 4 rings (SSSR count). The summed E-state index contributed by atoms with van der Waals surface area (Å²) in [5.74, 6) is 0.558. The lowest BCUT2D eigenvalue weighted by Crippen LogP contribution is -2.41. The van der Waals surface area contributed by atoms with Crippen LogP contribution >= 0.6 is 0 Å². The lowest BCUT2D eigenvalue weighted by atomic mass is 10.1. The Labute approximate surface area is 198 Å². The van der Waals surface area contributed by atoms with Crippen LogP contribution in [0.25, 0.3) is 10.9 Å². The van der Waals surface area contributed by atoms with Crippen molar-refractivity contribution in [1.29, 1.82) is 0 Å². The number of hydrogen-bond acceptors (Lipinski definition) is 5. The minimum atomic E-state index is -0.723. The number of benzene rings is 3. The summed E-state index contributed by atoms with van der Waals surface area (Å²) in [6.45, 7) is 0.369. The molecule has 0 radical (unpaired) electrons. The van der Waals surface area contributed by atoms with E-state index in [0.717, 1.165) is 22.2 Å². The van der Waals surface area contributed by atoms with Crippen LogP contribution in [0.15, 0.2) is 85.1 Å². The van der Waals surface area contributed by atoms with E-state index in [9.17, 15) is 15.0 Å². The Hall–Kier alpha value is -3.65. The van der Waals surface area contributed by atoms with Gasteiger partial charge in [0.1, 0.15) is 18.5 Å². The Morgan fingerprint density at radius 3 is 2.53 bits per heavy atom. The molecular formula is C27H29N3O4.